The molecule has 1 rings (SSSR count). The van der Waals surface area contributed by atoms with E-state index in [1.165, 1.54) is 6.20 Å². The van der Waals surface area contributed by atoms with E-state index in [-0.39, 0.29) is 0 Å². The van der Waals surface area contributed by atoms with Crippen molar-refractivity contribution < 1.29 is 8.42 Å². The number of nitrogens with one attached hydrogen (secondary N) is 3. The largest absolute Gasteiger partial charge is 0.363 e. The van der Waals surface area contributed by atoms with Crippen molar-refractivity contribution in [3.05, 3.63) is 18.0 Å². The van der Waals surface area contributed by atoms with Crippen LogP contribution in [0.3, 0.4) is 0 Å². The maximum atomic E-state index is 11.8. The molecule has 3 N–H and O–H groups in total. The molecule has 6 heteroatoms. The van der Waals surface area contributed by atoms with Crippen molar-refractivity contribution in [1.29, 1.82) is 0 Å². The fourth-order valence-corrected chi connectivity index (χ4v) is 2.42. The average molecular weight is 245 g/mol. The number of H-pyrrole nitrogens is 1. The van der Waals surface area contributed by atoms with Gasteiger partial charge >= 0.3 is 0 Å². The molecule has 0 spiro atoms. The van der Waals surface area contributed by atoms with Crippen LogP contribution in [-0.4, -0.2) is 27.0 Å². The fourth-order valence-electron chi connectivity index (χ4n) is 1.33. The Hall–Kier alpha value is -0.850. The predicted molar refractivity (Wildman–Crippen MR) is 63.7 cm³/mol. The summed E-state index contributed by atoms with van der Waals surface area (Å²) in [7, 11) is -1.53. The summed E-state index contributed by atoms with van der Waals surface area (Å²) in [5.74, 6) is 0. The van der Waals surface area contributed by atoms with Gasteiger partial charge in [-0.15, -0.1) is 0 Å². The van der Waals surface area contributed by atoms with Gasteiger partial charge in [-0.1, -0.05) is 13.3 Å². The zero-order valence-electron chi connectivity index (χ0n) is 9.71. The van der Waals surface area contributed by atoms with Crippen molar-refractivity contribution in [1.82, 2.24) is 15.0 Å². The first-order valence-electron chi connectivity index (χ1n) is 5.41. The van der Waals surface area contributed by atoms with Gasteiger partial charge in [0.1, 0.15) is 0 Å². The smallest absolute Gasteiger partial charge is 0.242 e. The molecule has 1 aromatic heterocycles. The topological polar surface area (TPSA) is 74.0 Å². The van der Waals surface area contributed by atoms with Gasteiger partial charge in [-0.3, -0.25) is 0 Å². The van der Waals surface area contributed by atoms with Crippen LogP contribution < -0.4 is 10.0 Å². The number of hydrogen-bond acceptors (Lipinski definition) is 3. The highest BCUT2D eigenvalue weighted by Crippen LogP contribution is 2.10. The van der Waals surface area contributed by atoms with Gasteiger partial charge in [0.2, 0.25) is 10.0 Å². The van der Waals surface area contributed by atoms with Crippen LogP contribution in [0.1, 0.15) is 25.5 Å². The van der Waals surface area contributed by atoms with Crippen molar-refractivity contribution in [2.75, 3.05) is 13.6 Å². The summed E-state index contributed by atoms with van der Waals surface area (Å²) in [5.41, 5.74) is 0.860. The Morgan fingerprint density at radius 2 is 2.19 bits per heavy atom. The van der Waals surface area contributed by atoms with Crippen LogP contribution in [0.5, 0.6) is 0 Å². The summed E-state index contributed by atoms with van der Waals surface area (Å²) in [6.45, 7) is 3.14. The van der Waals surface area contributed by atoms with Crippen LogP contribution in [0.2, 0.25) is 0 Å². The van der Waals surface area contributed by atoms with E-state index in [1.54, 1.807) is 6.07 Å². The van der Waals surface area contributed by atoms with Gasteiger partial charge < -0.3 is 10.3 Å². The molecular formula is C10H19N3O2S. The third-order valence-corrected chi connectivity index (χ3v) is 3.66. The minimum atomic E-state index is -3.34. The summed E-state index contributed by atoms with van der Waals surface area (Å²) in [6, 6.07) is 1.64. The van der Waals surface area contributed by atoms with E-state index in [0.717, 1.165) is 18.5 Å². The zero-order valence-corrected chi connectivity index (χ0v) is 10.5. The SMILES string of the molecule is CCCCNS(=O)(=O)c1c[nH]c(CNC)c1. The molecule has 0 radical (unpaired) electrons. The highest BCUT2D eigenvalue weighted by atomic mass is 32.2. The first-order valence-corrected chi connectivity index (χ1v) is 6.90. The quantitative estimate of drug-likeness (QED) is 0.622. The Bertz CT molecular complexity index is 411. The number of aromatic amines is 1. The van der Waals surface area contributed by atoms with Gasteiger partial charge in [-0.25, -0.2) is 13.1 Å². The molecule has 0 saturated carbocycles. The number of unbranched alkanes of at least 4 members (excludes halogenated alkanes) is 1. The Morgan fingerprint density at radius 1 is 1.44 bits per heavy atom. The summed E-state index contributed by atoms with van der Waals surface area (Å²) in [6.07, 6.45) is 3.34. The molecule has 5 nitrogen and oxygen atoms in total. The predicted octanol–water partition coefficient (Wildman–Crippen LogP) is 0.813. The van der Waals surface area contributed by atoms with Crippen LogP contribution in [0, 0.1) is 0 Å². The zero-order chi connectivity index (χ0) is 12.0. The van der Waals surface area contributed by atoms with Gasteiger partial charge in [-0.2, -0.15) is 0 Å². The molecule has 0 aliphatic rings. The number of rotatable bonds is 7. The van der Waals surface area contributed by atoms with Crippen LogP contribution in [0.4, 0.5) is 0 Å². The standard InChI is InChI=1S/C10H19N3O2S/c1-3-4-5-13-16(14,15)10-6-9(7-11-2)12-8-10/h6,8,11-13H,3-5,7H2,1-2H3. The van der Waals surface area contributed by atoms with Gasteiger partial charge in [0.05, 0.1) is 4.90 Å². The van der Waals surface area contributed by atoms with Gasteiger partial charge in [0.15, 0.2) is 0 Å². The maximum Gasteiger partial charge on any atom is 0.242 e. The van der Waals surface area contributed by atoms with Crippen molar-refractivity contribution in [3.8, 4) is 0 Å². The van der Waals surface area contributed by atoms with E-state index in [1.807, 2.05) is 14.0 Å². The third kappa shape index (κ3) is 3.62. The summed E-state index contributed by atoms with van der Waals surface area (Å²) in [5, 5.41) is 2.95. The van der Waals surface area contributed by atoms with Gasteiger partial charge in [0.25, 0.3) is 0 Å². The molecule has 0 atom stereocenters. The van der Waals surface area contributed by atoms with E-state index in [2.05, 4.69) is 15.0 Å². The van der Waals surface area contributed by atoms with Crippen LogP contribution in [-0.2, 0) is 16.6 Å². The molecule has 0 bridgehead atoms. The molecule has 1 aromatic rings. The van der Waals surface area contributed by atoms with Crippen LogP contribution in [0.15, 0.2) is 17.2 Å². The summed E-state index contributed by atoms with van der Waals surface area (Å²) < 4.78 is 26.1. The van der Waals surface area contributed by atoms with E-state index in [4.69, 9.17) is 0 Å². The highest BCUT2D eigenvalue weighted by Gasteiger charge is 2.14. The molecule has 16 heavy (non-hydrogen) atoms. The lowest BCUT2D eigenvalue weighted by atomic mass is 10.3. The second-order valence-corrected chi connectivity index (χ2v) is 5.41. The first kappa shape index (κ1) is 13.2. The van der Waals surface area contributed by atoms with E-state index in [0.29, 0.717) is 18.0 Å². The van der Waals surface area contributed by atoms with E-state index in [9.17, 15) is 8.42 Å². The number of aromatic nitrogens is 1. The first-order chi connectivity index (χ1) is 7.60. The van der Waals surface area contributed by atoms with Crippen molar-refractivity contribution in [3.63, 3.8) is 0 Å². The summed E-state index contributed by atoms with van der Waals surface area (Å²) in [4.78, 5) is 3.22. The lowest BCUT2D eigenvalue weighted by molar-refractivity contribution is 0.578. The fraction of sp³-hybridized carbons (Fsp3) is 0.600. The average Bonchev–Trinajstić information content (AvgIpc) is 2.68. The molecule has 92 valence electrons. The van der Waals surface area contributed by atoms with E-state index >= 15 is 0 Å². The minimum absolute atomic E-state index is 0.300. The van der Waals surface area contributed by atoms with E-state index < -0.39 is 10.0 Å². The molecule has 0 saturated heterocycles. The molecule has 1 heterocycles. The molecule has 0 unspecified atom stereocenters. The van der Waals surface area contributed by atoms with Crippen molar-refractivity contribution in [2.24, 2.45) is 0 Å². The third-order valence-electron chi connectivity index (χ3n) is 2.22. The number of hydrogen-bond donors (Lipinski definition) is 3. The minimum Gasteiger partial charge on any atom is -0.363 e. The second-order valence-electron chi connectivity index (χ2n) is 3.64. The van der Waals surface area contributed by atoms with Crippen LogP contribution in [0.25, 0.3) is 0 Å². The highest BCUT2D eigenvalue weighted by molar-refractivity contribution is 7.89. The lowest BCUT2D eigenvalue weighted by Gasteiger charge is -2.02. The maximum absolute atomic E-state index is 11.8. The second kappa shape index (κ2) is 6.03. The lowest BCUT2D eigenvalue weighted by Crippen LogP contribution is -2.24. The Labute approximate surface area is 96.7 Å². The Balaban J connectivity index is 2.66. The normalized spacial score (nSPS) is 11.9. The van der Waals surface area contributed by atoms with Gasteiger partial charge in [-0.05, 0) is 19.5 Å². The Morgan fingerprint density at radius 3 is 2.81 bits per heavy atom. The molecule has 0 fully saturated rings. The van der Waals surface area contributed by atoms with Gasteiger partial charge in [0, 0.05) is 25.0 Å². The number of sulfonamides is 1. The van der Waals surface area contributed by atoms with Crippen LogP contribution >= 0.6 is 0 Å². The van der Waals surface area contributed by atoms with Crippen molar-refractivity contribution >= 4 is 10.0 Å². The molecular weight excluding hydrogens is 226 g/mol. The molecule has 0 aliphatic heterocycles. The molecule has 0 amide bonds. The van der Waals surface area contributed by atoms with Crippen molar-refractivity contribution in [2.45, 2.75) is 31.2 Å². The molecule has 0 aliphatic carbocycles. The molecule has 0 aromatic carbocycles. The summed E-state index contributed by atoms with van der Waals surface area (Å²) >= 11 is 0. The Kier molecular flexibility index (Phi) is 4.98. The monoisotopic (exact) mass is 245 g/mol.